The molecule has 0 unspecified atom stereocenters. The molecule has 0 fully saturated rings. The lowest BCUT2D eigenvalue weighted by atomic mass is 10.0. The van der Waals surface area contributed by atoms with E-state index in [2.05, 4.69) is 31.0 Å². The first kappa shape index (κ1) is 12.6. The zero-order chi connectivity index (χ0) is 13.0. The van der Waals surface area contributed by atoms with Crippen LogP contribution in [0.5, 0.6) is 11.5 Å². The molecule has 0 aliphatic carbocycles. The molecule has 3 heteroatoms. The van der Waals surface area contributed by atoms with Crippen LogP contribution in [0.25, 0.3) is 0 Å². The van der Waals surface area contributed by atoms with Crippen molar-refractivity contribution in [2.24, 2.45) is 5.73 Å². The lowest BCUT2D eigenvalue weighted by Crippen LogP contribution is -1.99. The Bertz CT molecular complexity index is 506. The van der Waals surface area contributed by atoms with Crippen molar-refractivity contribution in [1.82, 2.24) is 4.98 Å². The minimum absolute atomic E-state index is 0.446. The van der Waals surface area contributed by atoms with Crippen molar-refractivity contribution in [2.75, 3.05) is 0 Å². The Kier molecular flexibility index (Phi) is 3.95. The number of benzene rings is 1. The summed E-state index contributed by atoms with van der Waals surface area (Å²) in [5.74, 6) is 2.05. The largest absolute Gasteiger partial charge is 0.455 e. The van der Waals surface area contributed by atoms with Crippen molar-refractivity contribution in [2.45, 2.75) is 26.3 Å². The number of pyridine rings is 1. The van der Waals surface area contributed by atoms with Gasteiger partial charge in [0, 0.05) is 18.3 Å². The third-order valence-corrected chi connectivity index (χ3v) is 2.86. The number of hydrogen-bond acceptors (Lipinski definition) is 3. The zero-order valence-electron chi connectivity index (χ0n) is 10.8. The maximum atomic E-state index is 5.79. The number of aromatic nitrogens is 1. The van der Waals surface area contributed by atoms with Crippen LogP contribution in [-0.4, -0.2) is 4.98 Å². The van der Waals surface area contributed by atoms with Crippen LogP contribution in [0.15, 0.2) is 42.7 Å². The average molecular weight is 242 g/mol. The molecule has 1 aromatic carbocycles. The van der Waals surface area contributed by atoms with Gasteiger partial charge < -0.3 is 10.5 Å². The monoisotopic (exact) mass is 242 g/mol. The third-order valence-electron chi connectivity index (χ3n) is 2.86. The number of ether oxygens (including phenoxy) is 1. The van der Waals surface area contributed by atoms with Gasteiger partial charge in [-0.2, -0.15) is 0 Å². The molecule has 0 spiro atoms. The lowest BCUT2D eigenvalue weighted by Gasteiger charge is -2.10. The molecule has 0 amide bonds. The van der Waals surface area contributed by atoms with Gasteiger partial charge in [-0.1, -0.05) is 26.0 Å². The van der Waals surface area contributed by atoms with Crippen molar-refractivity contribution >= 4 is 0 Å². The second-order valence-electron chi connectivity index (χ2n) is 4.51. The summed E-state index contributed by atoms with van der Waals surface area (Å²) in [4.78, 5) is 4.05. The standard InChI is InChI=1S/C15H18N2O/c1-11(2)12-3-5-14(6-4-12)18-15-10-17-8-7-13(15)9-16/h3-8,10-11H,9,16H2,1-2H3. The third kappa shape index (κ3) is 2.87. The van der Waals surface area contributed by atoms with Gasteiger partial charge in [-0.3, -0.25) is 4.98 Å². The van der Waals surface area contributed by atoms with E-state index in [0.29, 0.717) is 12.5 Å². The van der Waals surface area contributed by atoms with E-state index < -0.39 is 0 Å². The molecule has 0 aliphatic rings. The molecule has 0 atom stereocenters. The van der Waals surface area contributed by atoms with Gasteiger partial charge in [0.1, 0.15) is 11.5 Å². The second kappa shape index (κ2) is 5.65. The summed E-state index contributed by atoms with van der Waals surface area (Å²) in [5.41, 5.74) is 7.92. The van der Waals surface area contributed by atoms with Gasteiger partial charge in [-0.25, -0.2) is 0 Å². The fourth-order valence-electron chi connectivity index (χ4n) is 1.72. The number of hydrogen-bond donors (Lipinski definition) is 1. The van der Waals surface area contributed by atoms with Crippen molar-refractivity contribution in [3.05, 3.63) is 53.9 Å². The van der Waals surface area contributed by atoms with E-state index in [9.17, 15) is 0 Å². The number of rotatable bonds is 4. The summed E-state index contributed by atoms with van der Waals surface area (Å²) in [6, 6.07) is 9.99. The molecule has 0 saturated carbocycles. The molecule has 0 aliphatic heterocycles. The molecular formula is C15H18N2O. The summed E-state index contributed by atoms with van der Waals surface area (Å²) in [7, 11) is 0. The van der Waals surface area contributed by atoms with Gasteiger partial charge in [-0.15, -0.1) is 0 Å². The Hall–Kier alpha value is -1.87. The predicted molar refractivity (Wildman–Crippen MR) is 72.7 cm³/mol. The zero-order valence-corrected chi connectivity index (χ0v) is 10.8. The lowest BCUT2D eigenvalue weighted by molar-refractivity contribution is 0.473. The van der Waals surface area contributed by atoms with E-state index in [1.807, 2.05) is 18.2 Å². The van der Waals surface area contributed by atoms with Gasteiger partial charge >= 0.3 is 0 Å². The van der Waals surface area contributed by atoms with Crippen LogP contribution >= 0.6 is 0 Å². The van der Waals surface area contributed by atoms with E-state index in [4.69, 9.17) is 10.5 Å². The Balaban J connectivity index is 2.18. The Morgan fingerprint density at radius 1 is 1.17 bits per heavy atom. The van der Waals surface area contributed by atoms with Crippen molar-refractivity contribution in [3.63, 3.8) is 0 Å². The Morgan fingerprint density at radius 2 is 1.89 bits per heavy atom. The Morgan fingerprint density at radius 3 is 2.50 bits per heavy atom. The molecule has 0 saturated heterocycles. The summed E-state index contributed by atoms with van der Waals surface area (Å²) in [6.07, 6.45) is 3.41. The summed E-state index contributed by atoms with van der Waals surface area (Å²) >= 11 is 0. The molecular weight excluding hydrogens is 224 g/mol. The molecule has 2 aromatic rings. The maximum Gasteiger partial charge on any atom is 0.150 e. The first-order valence-corrected chi connectivity index (χ1v) is 6.11. The highest BCUT2D eigenvalue weighted by Gasteiger charge is 2.04. The van der Waals surface area contributed by atoms with Gasteiger partial charge in [0.2, 0.25) is 0 Å². The first-order chi connectivity index (χ1) is 8.70. The first-order valence-electron chi connectivity index (χ1n) is 6.11. The average Bonchev–Trinajstić information content (AvgIpc) is 2.40. The molecule has 2 rings (SSSR count). The van der Waals surface area contributed by atoms with Crippen molar-refractivity contribution < 1.29 is 4.74 Å². The molecule has 3 nitrogen and oxygen atoms in total. The van der Waals surface area contributed by atoms with Gasteiger partial charge in [0.05, 0.1) is 6.20 Å². The van der Waals surface area contributed by atoms with Gasteiger partial charge in [0.15, 0.2) is 0 Å². The van der Waals surface area contributed by atoms with Gasteiger partial charge in [-0.05, 0) is 29.7 Å². The maximum absolute atomic E-state index is 5.79. The van der Waals surface area contributed by atoms with Crippen LogP contribution in [0.2, 0.25) is 0 Å². The minimum atomic E-state index is 0.446. The van der Waals surface area contributed by atoms with E-state index in [1.165, 1.54) is 5.56 Å². The topological polar surface area (TPSA) is 48.1 Å². The van der Waals surface area contributed by atoms with Crippen LogP contribution in [-0.2, 0) is 6.54 Å². The van der Waals surface area contributed by atoms with Crippen molar-refractivity contribution in [3.8, 4) is 11.5 Å². The van der Waals surface area contributed by atoms with Crippen LogP contribution in [0, 0.1) is 0 Å². The van der Waals surface area contributed by atoms with E-state index in [-0.39, 0.29) is 0 Å². The fourth-order valence-corrected chi connectivity index (χ4v) is 1.72. The van der Waals surface area contributed by atoms with Crippen LogP contribution in [0.4, 0.5) is 0 Å². The molecule has 18 heavy (non-hydrogen) atoms. The molecule has 1 aromatic heterocycles. The second-order valence-corrected chi connectivity index (χ2v) is 4.51. The molecule has 0 radical (unpaired) electrons. The number of nitrogens with two attached hydrogens (primary N) is 1. The minimum Gasteiger partial charge on any atom is -0.455 e. The highest BCUT2D eigenvalue weighted by atomic mass is 16.5. The quantitative estimate of drug-likeness (QED) is 0.893. The van der Waals surface area contributed by atoms with Gasteiger partial charge in [0.25, 0.3) is 0 Å². The van der Waals surface area contributed by atoms with Crippen LogP contribution in [0.3, 0.4) is 0 Å². The van der Waals surface area contributed by atoms with Crippen molar-refractivity contribution in [1.29, 1.82) is 0 Å². The van der Waals surface area contributed by atoms with Crippen LogP contribution in [0.1, 0.15) is 30.9 Å². The smallest absolute Gasteiger partial charge is 0.150 e. The molecule has 1 heterocycles. The predicted octanol–water partition coefficient (Wildman–Crippen LogP) is 3.46. The number of nitrogens with zero attached hydrogens (tertiary/aromatic N) is 1. The van der Waals surface area contributed by atoms with E-state index in [0.717, 1.165) is 17.1 Å². The van der Waals surface area contributed by atoms with Crippen LogP contribution < -0.4 is 10.5 Å². The SMILES string of the molecule is CC(C)c1ccc(Oc2cnccc2CN)cc1. The fraction of sp³-hybridized carbons (Fsp3) is 0.267. The highest BCUT2D eigenvalue weighted by molar-refractivity contribution is 5.36. The molecule has 0 bridgehead atoms. The normalized spacial score (nSPS) is 10.7. The van der Waals surface area contributed by atoms with E-state index >= 15 is 0 Å². The Labute approximate surface area is 108 Å². The summed E-state index contributed by atoms with van der Waals surface area (Å²) in [5, 5.41) is 0. The highest BCUT2D eigenvalue weighted by Crippen LogP contribution is 2.25. The van der Waals surface area contributed by atoms with E-state index in [1.54, 1.807) is 12.4 Å². The summed E-state index contributed by atoms with van der Waals surface area (Å²) in [6.45, 7) is 4.79. The molecule has 2 N–H and O–H groups in total. The molecule has 94 valence electrons. The summed E-state index contributed by atoms with van der Waals surface area (Å²) < 4.78 is 5.79.